The van der Waals surface area contributed by atoms with Crippen molar-refractivity contribution in [3.05, 3.63) is 59.7 Å². The molecule has 4 rings (SSSR count). The van der Waals surface area contributed by atoms with Crippen LogP contribution in [-0.4, -0.2) is 61.1 Å². The lowest BCUT2D eigenvalue weighted by Gasteiger charge is -2.27. The first-order valence-corrected chi connectivity index (χ1v) is 12.2. The number of aromatic amines is 1. The third kappa shape index (κ3) is 4.75. The first-order chi connectivity index (χ1) is 14.9. The number of anilines is 1. The second-order valence-electron chi connectivity index (χ2n) is 7.99. The highest BCUT2D eigenvalue weighted by Crippen LogP contribution is 2.33. The average molecular weight is 441 g/mol. The van der Waals surface area contributed by atoms with E-state index in [1.165, 1.54) is 0 Å². The number of benzene rings is 2. The number of nitrogens with zero attached hydrogens (tertiary/aromatic N) is 2. The van der Waals surface area contributed by atoms with Crippen molar-refractivity contribution in [3.63, 3.8) is 0 Å². The zero-order chi connectivity index (χ0) is 22.0. The molecule has 1 saturated heterocycles. The van der Waals surface area contributed by atoms with E-state index in [-0.39, 0.29) is 17.7 Å². The quantitative estimate of drug-likeness (QED) is 0.511. The van der Waals surface area contributed by atoms with Crippen molar-refractivity contribution in [3.8, 4) is 5.88 Å². The molecule has 0 bridgehead atoms. The molecule has 3 aromatic rings. The number of fused-ring (bicyclic) bond motifs is 1. The number of aromatic hydroxyl groups is 1. The molecule has 1 fully saturated rings. The molecule has 0 unspecified atom stereocenters. The van der Waals surface area contributed by atoms with Gasteiger partial charge in [-0.1, -0.05) is 30.3 Å². The molecule has 3 N–H and O–H groups in total. The van der Waals surface area contributed by atoms with E-state index in [0.29, 0.717) is 11.3 Å². The summed E-state index contributed by atoms with van der Waals surface area (Å²) in [6.45, 7) is 3.56. The Bertz CT molecular complexity index is 1190. The van der Waals surface area contributed by atoms with Crippen LogP contribution in [0.25, 0.3) is 10.9 Å². The highest BCUT2D eigenvalue weighted by molar-refractivity contribution is 7.92. The Kier molecular flexibility index (Phi) is 6.02. The fourth-order valence-corrected chi connectivity index (χ4v) is 4.55. The van der Waals surface area contributed by atoms with Gasteiger partial charge < -0.3 is 15.0 Å². The summed E-state index contributed by atoms with van der Waals surface area (Å²) in [6.07, 6.45) is 1.91. The third-order valence-corrected chi connectivity index (χ3v) is 7.02. The van der Waals surface area contributed by atoms with E-state index in [1.807, 2.05) is 30.3 Å². The van der Waals surface area contributed by atoms with Gasteiger partial charge in [0, 0.05) is 22.2 Å². The number of hydrogen-bond donors (Lipinski definition) is 3. The Morgan fingerprint density at radius 1 is 1.19 bits per heavy atom. The van der Waals surface area contributed by atoms with Gasteiger partial charge in [-0.25, -0.2) is 8.42 Å². The minimum Gasteiger partial charge on any atom is -0.494 e. The summed E-state index contributed by atoms with van der Waals surface area (Å²) in [5.74, 6) is 0.0179. The van der Waals surface area contributed by atoms with Crippen LogP contribution < -0.4 is 4.72 Å². The molecule has 7 nitrogen and oxygen atoms in total. The molecule has 0 spiro atoms. The van der Waals surface area contributed by atoms with Gasteiger partial charge in [0.1, 0.15) is 0 Å². The minimum atomic E-state index is -3.41. The molecule has 1 aliphatic heterocycles. The fraction of sp³-hybridized carbons (Fsp3) is 0.348. The Morgan fingerprint density at radius 3 is 2.58 bits per heavy atom. The highest BCUT2D eigenvalue weighted by Gasteiger charge is 2.22. The second kappa shape index (κ2) is 8.72. The number of piperidine rings is 1. The fourth-order valence-electron chi connectivity index (χ4n) is 3.92. The van der Waals surface area contributed by atoms with Crippen LogP contribution in [0, 0.1) is 0 Å². The normalized spacial score (nSPS) is 16.6. The molecular formula is C23H28N4O3S. The van der Waals surface area contributed by atoms with Crippen molar-refractivity contribution in [2.75, 3.05) is 30.6 Å². The Hall–Kier alpha value is -2.84. The van der Waals surface area contributed by atoms with E-state index in [9.17, 15) is 13.5 Å². The van der Waals surface area contributed by atoms with Crippen LogP contribution in [-0.2, 0) is 10.0 Å². The maximum atomic E-state index is 12.0. The third-order valence-electron chi connectivity index (χ3n) is 5.72. The van der Waals surface area contributed by atoms with Gasteiger partial charge in [0.25, 0.3) is 0 Å². The van der Waals surface area contributed by atoms with Crippen molar-refractivity contribution in [1.82, 2.24) is 9.88 Å². The number of sulfonamides is 1. The van der Waals surface area contributed by atoms with Gasteiger partial charge in [0.2, 0.25) is 10.0 Å². The van der Waals surface area contributed by atoms with Gasteiger partial charge in [0.05, 0.1) is 23.1 Å². The molecule has 0 saturated carbocycles. The largest absolute Gasteiger partial charge is 0.494 e. The van der Waals surface area contributed by atoms with Crippen LogP contribution in [0.1, 0.15) is 30.9 Å². The van der Waals surface area contributed by atoms with Crippen LogP contribution in [0.5, 0.6) is 5.88 Å². The van der Waals surface area contributed by atoms with Crippen molar-refractivity contribution >= 4 is 32.3 Å². The molecule has 2 heterocycles. The van der Waals surface area contributed by atoms with Gasteiger partial charge in [0.15, 0.2) is 5.88 Å². The molecule has 0 amide bonds. The zero-order valence-electron chi connectivity index (χ0n) is 17.8. The predicted molar refractivity (Wildman–Crippen MR) is 126 cm³/mol. The summed E-state index contributed by atoms with van der Waals surface area (Å²) in [6, 6.07) is 15.2. The Balaban J connectivity index is 1.84. The first-order valence-electron chi connectivity index (χ1n) is 10.5. The van der Waals surface area contributed by atoms with E-state index < -0.39 is 10.0 Å². The van der Waals surface area contributed by atoms with E-state index in [0.717, 1.165) is 48.1 Å². The molecular weight excluding hydrogens is 412 g/mol. The van der Waals surface area contributed by atoms with Crippen LogP contribution in [0.4, 0.5) is 5.69 Å². The summed E-state index contributed by atoms with van der Waals surface area (Å²) in [4.78, 5) is 10.4. The standard InChI is InChI=1S/C23H28N4O3S/c1-3-31(29,30)26-18-9-10-20-19(15-18)21(23(28)25-20)22(16-7-5-4-6-8-16)24-17-11-13-27(2)14-12-17/h4-10,15,17,25-26,28H,3,11-14H2,1-2H3. The summed E-state index contributed by atoms with van der Waals surface area (Å²) < 4.78 is 26.7. The Labute approximate surface area is 182 Å². The maximum Gasteiger partial charge on any atom is 0.232 e. The van der Waals surface area contributed by atoms with Crippen LogP contribution >= 0.6 is 0 Å². The van der Waals surface area contributed by atoms with E-state index in [2.05, 4.69) is 21.7 Å². The molecule has 2 aromatic carbocycles. The number of aromatic nitrogens is 1. The van der Waals surface area contributed by atoms with Gasteiger partial charge in [-0.15, -0.1) is 0 Å². The lowest BCUT2D eigenvalue weighted by atomic mass is 9.99. The molecule has 8 heteroatoms. The molecule has 0 atom stereocenters. The van der Waals surface area contributed by atoms with E-state index >= 15 is 0 Å². The van der Waals surface area contributed by atoms with Crippen molar-refractivity contribution in [2.24, 2.45) is 4.99 Å². The van der Waals surface area contributed by atoms with Crippen molar-refractivity contribution in [2.45, 2.75) is 25.8 Å². The summed E-state index contributed by atoms with van der Waals surface area (Å²) >= 11 is 0. The number of hydrogen-bond acceptors (Lipinski definition) is 5. The topological polar surface area (TPSA) is 97.8 Å². The van der Waals surface area contributed by atoms with Gasteiger partial charge >= 0.3 is 0 Å². The summed E-state index contributed by atoms with van der Waals surface area (Å²) in [5.41, 5.74) is 3.41. The lowest BCUT2D eigenvalue weighted by molar-refractivity contribution is 0.257. The molecule has 1 aliphatic rings. The van der Waals surface area contributed by atoms with Crippen molar-refractivity contribution in [1.29, 1.82) is 0 Å². The number of nitrogens with one attached hydrogen (secondary N) is 2. The lowest BCUT2D eigenvalue weighted by Crippen LogP contribution is -2.32. The van der Waals surface area contributed by atoms with Crippen LogP contribution in [0.3, 0.4) is 0 Å². The second-order valence-corrected chi connectivity index (χ2v) is 10.0. The Morgan fingerprint density at radius 2 is 1.90 bits per heavy atom. The molecule has 1 aromatic heterocycles. The zero-order valence-corrected chi connectivity index (χ0v) is 18.6. The molecule has 164 valence electrons. The minimum absolute atomic E-state index is 0.0108. The molecule has 31 heavy (non-hydrogen) atoms. The van der Waals surface area contributed by atoms with Crippen molar-refractivity contribution < 1.29 is 13.5 Å². The van der Waals surface area contributed by atoms with E-state index in [4.69, 9.17) is 4.99 Å². The van der Waals surface area contributed by atoms with Gasteiger partial charge in [-0.3, -0.25) is 9.71 Å². The van der Waals surface area contributed by atoms with Crippen LogP contribution in [0.2, 0.25) is 0 Å². The SMILES string of the molecule is CCS(=O)(=O)Nc1ccc2[nH]c(O)c(C(=NC3CCN(C)CC3)c3ccccc3)c2c1. The average Bonchev–Trinajstić information content (AvgIpc) is 3.08. The monoisotopic (exact) mass is 440 g/mol. The number of aliphatic imine (C=N–C) groups is 1. The highest BCUT2D eigenvalue weighted by atomic mass is 32.2. The maximum absolute atomic E-state index is 12.0. The summed E-state index contributed by atoms with van der Waals surface area (Å²) in [5, 5.41) is 11.6. The first kappa shape index (κ1) is 21.4. The van der Waals surface area contributed by atoms with Gasteiger partial charge in [-0.05, 0) is 58.1 Å². The number of rotatable bonds is 6. The number of H-pyrrole nitrogens is 1. The smallest absolute Gasteiger partial charge is 0.232 e. The van der Waals surface area contributed by atoms with E-state index in [1.54, 1.807) is 25.1 Å². The van der Waals surface area contributed by atoms with Gasteiger partial charge in [-0.2, -0.15) is 0 Å². The molecule has 0 aliphatic carbocycles. The number of likely N-dealkylation sites (tertiary alicyclic amines) is 1. The van der Waals surface area contributed by atoms with Crippen LogP contribution in [0.15, 0.2) is 53.5 Å². The molecule has 0 radical (unpaired) electrons. The summed E-state index contributed by atoms with van der Waals surface area (Å²) in [7, 11) is -1.29. The predicted octanol–water partition coefficient (Wildman–Crippen LogP) is 3.57.